The van der Waals surface area contributed by atoms with E-state index in [2.05, 4.69) is 5.32 Å². The van der Waals surface area contributed by atoms with Gasteiger partial charge in [0.15, 0.2) is 6.61 Å². The number of hydrogen-bond acceptors (Lipinski definition) is 3. The Balaban J connectivity index is 2.24. The lowest BCUT2D eigenvalue weighted by atomic mass is 10.1. The van der Waals surface area contributed by atoms with E-state index in [0.717, 1.165) is 5.56 Å². The SMILES string of the molecule is CCC(C(=O)NCC(C)C)N(Cc1ccc(Cl)c(Cl)c1)C(=O)COc1ccc(Cl)cc1Cl. The third-order valence-electron chi connectivity index (χ3n) is 4.65. The highest BCUT2D eigenvalue weighted by Gasteiger charge is 2.29. The van der Waals surface area contributed by atoms with Crippen molar-refractivity contribution >= 4 is 58.2 Å². The van der Waals surface area contributed by atoms with Crippen LogP contribution in [-0.4, -0.2) is 35.9 Å². The van der Waals surface area contributed by atoms with E-state index in [1.807, 2.05) is 20.8 Å². The van der Waals surface area contributed by atoms with Crippen LogP contribution < -0.4 is 10.1 Å². The third kappa shape index (κ3) is 7.73. The van der Waals surface area contributed by atoms with Gasteiger partial charge in [-0.25, -0.2) is 0 Å². The van der Waals surface area contributed by atoms with E-state index in [1.165, 1.54) is 11.0 Å². The zero-order valence-electron chi connectivity index (χ0n) is 18.1. The quantitative estimate of drug-likeness (QED) is 0.403. The normalized spacial score (nSPS) is 11.9. The topological polar surface area (TPSA) is 58.6 Å². The largest absolute Gasteiger partial charge is 0.482 e. The molecule has 5 nitrogen and oxygen atoms in total. The molecule has 0 fully saturated rings. The number of benzene rings is 2. The highest BCUT2D eigenvalue weighted by Crippen LogP contribution is 2.28. The first-order chi connectivity index (χ1) is 15.1. The predicted octanol–water partition coefficient (Wildman–Crippen LogP) is 6.26. The summed E-state index contributed by atoms with van der Waals surface area (Å²) >= 11 is 24.2. The molecular weight excluding hydrogens is 494 g/mol. The molecule has 0 aromatic heterocycles. The van der Waals surface area contributed by atoms with Gasteiger partial charge in [-0.1, -0.05) is 73.2 Å². The first-order valence-electron chi connectivity index (χ1n) is 10.2. The fourth-order valence-electron chi connectivity index (χ4n) is 2.99. The summed E-state index contributed by atoms with van der Waals surface area (Å²) in [5.74, 6) is 0.0232. The molecule has 1 atom stereocenters. The van der Waals surface area contributed by atoms with Crippen LogP contribution in [-0.2, 0) is 16.1 Å². The number of nitrogens with one attached hydrogen (secondary N) is 1. The summed E-state index contributed by atoms with van der Waals surface area (Å²) in [7, 11) is 0. The molecule has 32 heavy (non-hydrogen) atoms. The van der Waals surface area contributed by atoms with Crippen molar-refractivity contribution < 1.29 is 14.3 Å². The Kier molecular flexibility index (Phi) is 10.4. The van der Waals surface area contributed by atoms with Crippen LogP contribution in [0.2, 0.25) is 20.1 Å². The van der Waals surface area contributed by atoms with Crippen LogP contribution in [0.15, 0.2) is 36.4 Å². The molecule has 0 saturated carbocycles. The lowest BCUT2D eigenvalue weighted by Gasteiger charge is -2.31. The van der Waals surface area contributed by atoms with E-state index >= 15 is 0 Å². The van der Waals surface area contributed by atoms with Gasteiger partial charge in [0.05, 0.1) is 15.1 Å². The van der Waals surface area contributed by atoms with Gasteiger partial charge in [0, 0.05) is 18.1 Å². The summed E-state index contributed by atoms with van der Waals surface area (Å²) in [6, 6.07) is 9.17. The van der Waals surface area contributed by atoms with E-state index in [0.29, 0.717) is 38.8 Å². The van der Waals surface area contributed by atoms with Crippen LogP contribution in [0.3, 0.4) is 0 Å². The monoisotopic (exact) mass is 518 g/mol. The van der Waals surface area contributed by atoms with E-state index in [1.54, 1.807) is 30.3 Å². The second-order valence-electron chi connectivity index (χ2n) is 7.70. The molecule has 0 saturated heterocycles. The van der Waals surface area contributed by atoms with E-state index in [-0.39, 0.29) is 30.9 Å². The molecule has 2 aromatic carbocycles. The van der Waals surface area contributed by atoms with Crippen LogP contribution in [0.5, 0.6) is 5.75 Å². The molecule has 0 aliphatic rings. The first-order valence-corrected chi connectivity index (χ1v) is 11.7. The average Bonchev–Trinajstić information content (AvgIpc) is 2.73. The molecule has 2 rings (SSSR count). The molecule has 9 heteroatoms. The van der Waals surface area contributed by atoms with Crippen molar-refractivity contribution in [3.8, 4) is 5.75 Å². The summed E-state index contributed by atoms with van der Waals surface area (Å²) in [5, 5.41) is 4.45. The zero-order chi connectivity index (χ0) is 23.8. The summed E-state index contributed by atoms with van der Waals surface area (Å²) in [4.78, 5) is 27.5. The van der Waals surface area contributed by atoms with Crippen LogP contribution in [0.25, 0.3) is 0 Å². The van der Waals surface area contributed by atoms with Crippen molar-refractivity contribution in [3.63, 3.8) is 0 Å². The Morgan fingerprint density at radius 1 is 1.00 bits per heavy atom. The minimum atomic E-state index is -0.681. The molecular formula is C23H26Cl4N2O3. The van der Waals surface area contributed by atoms with Gasteiger partial charge in [-0.15, -0.1) is 0 Å². The van der Waals surface area contributed by atoms with Crippen molar-refractivity contribution in [1.29, 1.82) is 0 Å². The van der Waals surface area contributed by atoms with Gasteiger partial charge in [0.2, 0.25) is 5.91 Å². The van der Waals surface area contributed by atoms with Gasteiger partial charge in [0.1, 0.15) is 11.8 Å². The Bertz CT molecular complexity index is 953. The van der Waals surface area contributed by atoms with Gasteiger partial charge in [0.25, 0.3) is 5.91 Å². The Labute approximate surface area is 208 Å². The number of rotatable bonds is 10. The van der Waals surface area contributed by atoms with Gasteiger partial charge >= 0.3 is 0 Å². The van der Waals surface area contributed by atoms with Crippen LogP contribution in [0.4, 0.5) is 0 Å². The maximum absolute atomic E-state index is 13.2. The standard InChI is InChI=1S/C23H26Cl4N2O3/c1-4-20(23(31)28-11-14(2)3)29(12-15-5-7-17(25)18(26)9-15)22(30)13-32-21-8-6-16(24)10-19(21)27/h5-10,14,20H,4,11-13H2,1-3H3,(H,28,31). The number of carbonyl (C=O) groups is 2. The van der Waals surface area contributed by atoms with Crippen molar-refractivity contribution in [3.05, 3.63) is 62.1 Å². The van der Waals surface area contributed by atoms with Gasteiger partial charge in [-0.05, 0) is 48.2 Å². The zero-order valence-corrected chi connectivity index (χ0v) is 21.2. The van der Waals surface area contributed by atoms with Crippen molar-refractivity contribution in [2.45, 2.75) is 39.8 Å². The Morgan fingerprint density at radius 3 is 2.31 bits per heavy atom. The number of carbonyl (C=O) groups excluding carboxylic acids is 2. The Morgan fingerprint density at radius 2 is 1.72 bits per heavy atom. The third-order valence-corrected chi connectivity index (χ3v) is 5.92. The van der Waals surface area contributed by atoms with E-state index < -0.39 is 6.04 Å². The maximum atomic E-state index is 13.2. The van der Waals surface area contributed by atoms with E-state index in [9.17, 15) is 9.59 Å². The highest BCUT2D eigenvalue weighted by atomic mass is 35.5. The van der Waals surface area contributed by atoms with Crippen molar-refractivity contribution in [2.24, 2.45) is 5.92 Å². The summed E-state index contributed by atoms with van der Waals surface area (Å²) < 4.78 is 5.63. The van der Waals surface area contributed by atoms with Gasteiger partial charge in [-0.2, -0.15) is 0 Å². The highest BCUT2D eigenvalue weighted by molar-refractivity contribution is 6.42. The lowest BCUT2D eigenvalue weighted by molar-refractivity contribution is -0.143. The van der Waals surface area contributed by atoms with Crippen LogP contribution in [0.1, 0.15) is 32.8 Å². The first kappa shape index (κ1) is 26.6. The number of halogens is 4. The summed E-state index contributed by atoms with van der Waals surface area (Å²) in [5.41, 5.74) is 0.743. The molecule has 1 N–H and O–H groups in total. The van der Waals surface area contributed by atoms with Crippen LogP contribution >= 0.6 is 46.4 Å². The molecule has 0 heterocycles. The smallest absolute Gasteiger partial charge is 0.261 e. The molecule has 0 spiro atoms. The summed E-state index contributed by atoms with van der Waals surface area (Å²) in [6.45, 7) is 6.25. The van der Waals surface area contributed by atoms with E-state index in [4.69, 9.17) is 51.1 Å². The maximum Gasteiger partial charge on any atom is 0.261 e. The minimum Gasteiger partial charge on any atom is -0.482 e. The fourth-order valence-corrected chi connectivity index (χ4v) is 3.78. The van der Waals surface area contributed by atoms with Crippen molar-refractivity contribution in [2.75, 3.05) is 13.2 Å². The van der Waals surface area contributed by atoms with Crippen LogP contribution in [0, 0.1) is 5.92 Å². The predicted molar refractivity (Wildman–Crippen MR) is 131 cm³/mol. The number of hydrogen-bond donors (Lipinski definition) is 1. The molecule has 174 valence electrons. The molecule has 0 radical (unpaired) electrons. The second kappa shape index (κ2) is 12.5. The molecule has 0 aliphatic carbocycles. The molecule has 0 bridgehead atoms. The number of amides is 2. The van der Waals surface area contributed by atoms with Crippen molar-refractivity contribution in [1.82, 2.24) is 10.2 Å². The molecule has 0 aliphatic heterocycles. The average molecular weight is 520 g/mol. The lowest BCUT2D eigenvalue weighted by Crippen LogP contribution is -2.50. The number of ether oxygens (including phenoxy) is 1. The minimum absolute atomic E-state index is 0.168. The fraction of sp³-hybridized carbons (Fsp3) is 0.391. The summed E-state index contributed by atoms with van der Waals surface area (Å²) in [6.07, 6.45) is 0.429. The second-order valence-corrected chi connectivity index (χ2v) is 9.35. The Hall–Kier alpha value is -1.66. The molecule has 2 aromatic rings. The number of nitrogens with zero attached hydrogens (tertiary/aromatic N) is 1. The van der Waals surface area contributed by atoms with Gasteiger partial charge < -0.3 is 15.0 Å². The van der Waals surface area contributed by atoms with Gasteiger partial charge in [-0.3, -0.25) is 9.59 Å². The molecule has 2 amide bonds. The molecule has 1 unspecified atom stereocenters.